The molecule has 0 radical (unpaired) electrons. The van der Waals surface area contributed by atoms with Crippen LogP contribution in [0.1, 0.15) is 12.1 Å². The van der Waals surface area contributed by atoms with Gasteiger partial charge in [-0.2, -0.15) is 0 Å². The molecule has 78 valence electrons. The summed E-state index contributed by atoms with van der Waals surface area (Å²) in [7, 11) is -3.39. The van der Waals surface area contributed by atoms with Crippen LogP contribution in [0.4, 0.5) is 0 Å². The van der Waals surface area contributed by atoms with Gasteiger partial charge in [-0.05, 0) is 6.42 Å². The van der Waals surface area contributed by atoms with Gasteiger partial charge in [0.25, 0.3) is 0 Å². The van der Waals surface area contributed by atoms with Crippen molar-refractivity contribution in [3.05, 3.63) is 18.0 Å². The second-order valence-corrected chi connectivity index (χ2v) is 4.82. The van der Waals surface area contributed by atoms with E-state index in [9.17, 15) is 8.42 Å². The third kappa shape index (κ3) is 1.94. The molecule has 0 N–H and O–H groups in total. The molecule has 0 unspecified atom stereocenters. The lowest BCUT2D eigenvalue weighted by Crippen LogP contribution is -2.28. The van der Waals surface area contributed by atoms with Crippen LogP contribution in [0.3, 0.4) is 0 Å². The zero-order valence-electron chi connectivity index (χ0n) is 7.42. The molecule has 2 heterocycles. The molecule has 14 heavy (non-hydrogen) atoms. The van der Waals surface area contributed by atoms with Crippen molar-refractivity contribution in [3.8, 4) is 0 Å². The minimum atomic E-state index is -3.39. The third-order valence-corrected chi connectivity index (χ3v) is 3.42. The molecule has 7 heteroatoms. The van der Waals surface area contributed by atoms with Gasteiger partial charge in [-0.25, -0.2) is 8.42 Å². The van der Waals surface area contributed by atoms with E-state index in [1.807, 2.05) is 0 Å². The van der Waals surface area contributed by atoms with Gasteiger partial charge in [0.05, 0.1) is 12.3 Å². The Balaban J connectivity index is 2.09. The van der Waals surface area contributed by atoms with Crippen LogP contribution in [0, 0.1) is 0 Å². The Morgan fingerprint density at radius 1 is 1.57 bits per heavy atom. The molecule has 0 spiro atoms. The fourth-order valence-corrected chi connectivity index (χ4v) is 2.52. The number of hydrogen-bond acceptors (Lipinski definition) is 5. The van der Waals surface area contributed by atoms with Gasteiger partial charge in [-0.15, -0.1) is 0 Å². The second-order valence-electron chi connectivity index (χ2n) is 2.96. The lowest BCUT2D eigenvalue weighted by molar-refractivity contribution is -0.0286. The van der Waals surface area contributed by atoms with E-state index in [0.717, 1.165) is 10.9 Å². The summed E-state index contributed by atoms with van der Waals surface area (Å²) >= 11 is 0. The van der Waals surface area contributed by atoms with Crippen molar-refractivity contribution in [1.82, 2.24) is 9.63 Å². The average molecular weight is 218 g/mol. The monoisotopic (exact) mass is 218 g/mol. The van der Waals surface area contributed by atoms with Gasteiger partial charge >= 0.3 is 0 Å². The summed E-state index contributed by atoms with van der Waals surface area (Å²) < 4.78 is 28.8. The van der Waals surface area contributed by atoms with Crippen LogP contribution in [-0.4, -0.2) is 31.2 Å². The van der Waals surface area contributed by atoms with Crippen molar-refractivity contribution in [3.63, 3.8) is 0 Å². The highest BCUT2D eigenvalue weighted by atomic mass is 32.2. The Labute approximate surface area is 81.4 Å². The van der Waals surface area contributed by atoms with Crippen molar-refractivity contribution >= 4 is 10.0 Å². The van der Waals surface area contributed by atoms with E-state index in [-0.39, 0.29) is 5.75 Å². The second kappa shape index (κ2) is 3.68. The predicted octanol–water partition coefficient (Wildman–Crippen LogP) is 0.142. The molecule has 0 saturated carbocycles. The van der Waals surface area contributed by atoms with Crippen LogP contribution in [0.15, 0.2) is 16.9 Å². The molecular formula is C7H10N2O4S. The molecule has 2 rings (SSSR count). The number of rotatable bonds is 3. The van der Waals surface area contributed by atoms with E-state index >= 15 is 0 Å². The lowest BCUT2D eigenvalue weighted by atomic mass is 10.5. The van der Waals surface area contributed by atoms with E-state index in [0.29, 0.717) is 18.8 Å². The van der Waals surface area contributed by atoms with Gasteiger partial charge < -0.3 is 4.52 Å². The molecular weight excluding hydrogens is 208 g/mol. The molecule has 1 aliphatic heterocycles. The fraction of sp³-hybridized carbons (Fsp3) is 0.571. The molecule has 1 saturated heterocycles. The van der Waals surface area contributed by atoms with Gasteiger partial charge in [0, 0.05) is 12.6 Å². The minimum absolute atomic E-state index is 0.177. The molecule has 1 aliphatic rings. The summed E-state index contributed by atoms with van der Waals surface area (Å²) in [5.74, 6) is -0.177. The van der Waals surface area contributed by atoms with E-state index in [2.05, 4.69) is 9.68 Å². The SMILES string of the molecule is O=S(=O)(Cc1ccon1)N1CCCO1. The largest absolute Gasteiger partial charge is 0.364 e. The molecule has 1 fully saturated rings. The highest BCUT2D eigenvalue weighted by molar-refractivity contribution is 7.88. The summed E-state index contributed by atoms with van der Waals surface area (Å²) in [5.41, 5.74) is 0.389. The van der Waals surface area contributed by atoms with Crippen LogP contribution in [-0.2, 0) is 20.6 Å². The number of aromatic nitrogens is 1. The van der Waals surface area contributed by atoms with E-state index in [1.165, 1.54) is 12.3 Å². The minimum Gasteiger partial charge on any atom is -0.364 e. The van der Waals surface area contributed by atoms with E-state index < -0.39 is 10.0 Å². The van der Waals surface area contributed by atoms with Crippen LogP contribution in [0.2, 0.25) is 0 Å². The van der Waals surface area contributed by atoms with Gasteiger partial charge in [-0.1, -0.05) is 9.63 Å². The summed E-state index contributed by atoms with van der Waals surface area (Å²) in [6, 6.07) is 1.52. The van der Waals surface area contributed by atoms with Crippen molar-refractivity contribution in [1.29, 1.82) is 0 Å². The maximum Gasteiger partial charge on any atom is 0.241 e. The van der Waals surface area contributed by atoms with Crippen molar-refractivity contribution in [2.75, 3.05) is 13.2 Å². The van der Waals surface area contributed by atoms with Gasteiger partial charge in [-0.3, -0.25) is 4.84 Å². The zero-order valence-corrected chi connectivity index (χ0v) is 8.24. The number of nitrogens with zero attached hydrogens (tertiary/aromatic N) is 2. The van der Waals surface area contributed by atoms with Crippen molar-refractivity contribution in [2.24, 2.45) is 0 Å². The maximum absolute atomic E-state index is 11.6. The van der Waals surface area contributed by atoms with E-state index in [1.54, 1.807) is 0 Å². The quantitative estimate of drug-likeness (QED) is 0.721. The van der Waals surface area contributed by atoms with E-state index in [4.69, 9.17) is 4.84 Å². The molecule has 0 bridgehead atoms. The summed E-state index contributed by atoms with van der Waals surface area (Å²) in [5, 5.41) is 3.54. The molecule has 6 nitrogen and oxygen atoms in total. The van der Waals surface area contributed by atoms with Gasteiger partial charge in [0.1, 0.15) is 12.0 Å². The molecule has 0 aliphatic carbocycles. The van der Waals surface area contributed by atoms with Gasteiger partial charge in [0.2, 0.25) is 10.0 Å². The predicted molar refractivity (Wildman–Crippen MR) is 46.4 cm³/mol. The van der Waals surface area contributed by atoms with Crippen LogP contribution in [0.5, 0.6) is 0 Å². The smallest absolute Gasteiger partial charge is 0.241 e. The molecule has 0 atom stereocenters. The zero-order chi connectivity index (χ0) is 10.0. The first kappa shape index (κ1) is 9.63. The summed E-state index contributed by atoms with van der Waals surface area (Å²) in [6.07, 6.45) is 2.08. The molecule has 1 aromatic heterocycles. The topological polar surface area (TPSA) is 72.6 Å². The van der Waals surface area contributed by atoms with Crippen molar-refractivity contribution < 1.29 is 17.8 Å². The Morgan fingerprint density at radius 2 is 2.43 bits per heavy atom. The Morgan fingerprint density at radius 3 is 3.00 bits per heavy atom. The van der Waals surface area contributed by atoms with Crippen LogP contribution < -0.4 is 0 Å². The lowest BCUT2D eigenvalue weighted by Gasteiger charge is -2.12. The van der Waals surface area contributed by atoms with Crippen molar-refractivity contribution in [2.45, 2.75) is 12.2 Å². The Bertz CT molecular complexity index is 380. The van der Waals surface area contributed by atoms with Crippen LogP contribution >= 0.6 is 0 Å². The highest BCUT2D eigenvalue weighted by Crippen LogP contribution is 2.14. The first-order valence-corrected chi connectivity index (χ1v) is 5.82. The average Bonchev–Trinajstić information content (AvgIpc) is 2.71. The fourth-order valence-electron chi connectivity index (χ4n) is 1.21. The molecule has 1 aromatic rings. The first-order chi connectivity index (χ1) is 6.68. The number of sulfonamides is 1. The standard InChI is InChI=1S/C7H10N2O4S/c10-14(11,9-3-1-4-13-9)6-7-2-5-12-8-7/h2,5H,1,3-4,6H2. The van der Waals surface area contributed by atoms with Crippen LogP contribution in [0.25, 0.3) is 0 Å². The van der Waals surface area contributed by atoms with Gasteiger partial charge in [0.15, 0.2) is 0 Å². The Hall–Kier alpha value is -0.920. The number of hydroxylamine groups is 1. The summed E-state index contributed by atoms with van der Waals surface area (Å²) in [6.45, 7) is 0.873. The summed E-state index contributed by atoms with van der Waals surface area (Å²) in [4.78, 5) is 4.95. The Kier molecular flexibility index (Phi) is 2.53. The molecule has 0 aromatic carbocycles. The number of hydrogen-bond donors (Lipinski definition) is 0. The third-order valence-electron chi connectivity index (χ3n) is 1.85. The molecule has 0 amide bonds. The maximum atomic E-state index is 11.6. The highest BCUT2D eigenvalue weighted by Gasteiger charge is 2.27. The normalized spacial score (nSPS) is 18.9. The first-order valence-electron chi connectivity index (χ1n) is 4.21.